The Kier molecular flexibility index (Phi) is 4.90. The van der Waals surface area contributed by atoms with Crippen molar-refractivity contribution >= 4 is 32.7 Å². The molecular weight excluding hydrogens is 304 g/mol. The van der Waals surface area contributed by atoms with Crippen LogP contribution in [0.5, 0.6) is 0 Å². The number of thiophene rings is 1. The lowest BCUT2D eigenvalue weighted by molar-refractivity contribution is 0.602. The van der Waals surface area contributed by atoms with E-state index in [9.17, 15) is 8.42 Å². The second-order valence-corrected chi connectivity index (χ2v) is 8.23. The highest BCUT2D eigenvalue weighted by Crippen LogP contribution is 2.26. The molecule has 1 unspecified atom stereocenters. The molecule has 0 saturated carbocycles. The molecule has 0 spiro atoms. The molecule has 0 fully saturated rings. The Labute approximate surface area is 130 Å². The Morgan fingerprint density at radius 1 is 1.10 bits per heavy atom. The van der Waals surface area contributed by atoms with Crippen molar-refractivity contribution in [1.29, 1.82) is 0 Å². The van der Waals surface area contributed by atoms with E-state index in [1.165, 1.54) is 9.75 Å². The average Bonchev–Trinajstić information content (AvgIpc) is 2.87. The van der Waals surface area contributed by atoms with Crippen LogP contribution in [0.4, 0.5) is 11.4 Å². The Morgan fingerprint density at radius 2 is 1.71 bits per heavy atom. The van der Waals surface area contributed by atoms with Gasteiger partial charge in [0.1, 0.15) is 0 Å². The van der Waals surface area contributed by atoms with Crippen LogP contribution in [0.2, 0.25) is 0 Å². The summed E-state index contributed by atoms with van der Waals surface area (Å²) in [5.74, 6) is 0.0712. The minimum atomic E-state index is -3.22. The van der Waals surface area contributed by atoms with Gasteiger partial charge in [-0.1, -0.05) is 0 Å². The molecule has 0 radical (unpaired) electrons. The van der Waals surface area contributed by atoms with Crippen LogP contribution in [0.3, 0.4) is 0 Å². The fourth-order valence-electron chi connectivity index (χ4n) is 1.89. The first-order valence-corrected chi connectivity index (χ1v) is 9.30. The molecule has 2 aromatic rings. The summed E-state index contributed by atoms with van der Waals surface area (Å²) in [7, 11) is -3.22. The van der Waals surface area contributed by atoms with Crippen LogP contribution in [0.1, 0.15) is 29.6 Å². The predicted octanol–water partition coefficient (Wildman–Crippen LogP) is 3.99. The Morgan fingerprint density at radius 3 is 2.24 bits per heavy atom. The SMILES string of the molecule is CCS(=O)(=O)Nc1ccc(NC(C)c2ccc(C)s2)cc1. The van der Waals surface area contributed by atoms with Gasteiger partial charge in [0, 0.05) is 21.1 Å². The highest BCUT2D eigenvalue weighted by Gasteiger charge is 2.09. The van der Waals surface area contributed by atoms with E-state index < -0.39 is 10.0 Å². The fourth-order valence-corrected chi connectivity index (χ4v) is 3.41. The van der Waals surface area contributed by atoms with E-state index in [4.69, 9.17) is 0 Å². The number of hydrogen-bond donors (Lipinski definition) is 2. The van der Waals surface area contributed by atoms with E-state index in [0.717, 1.165) is 5.69 Å². The van der Waals surface area contributed by atoms with Gasteiger partial charge in [0.25, 0.3) is 0 Å². The standard InChI is InChI=1S/C15H20N2O2S2/c1-4-21(18,19)17-14-8-6-13(7-9-14)16-12(3)15-10-5-11(2)20-15/h5-10,12,16-17H,4H2,1-3H3. The summed E-state index contributed by atoms with van der Waals surface area (Å²) >= 11 is 1.77. The van der Waals surface area contributed by atoms with Gasteiger partial charge in [-0.3, -0.25) is 4.72 Å². The number of hydrogen-bond acceptors (Lipinski definition) is 4. The Balaban J connectivity index is 2.02. The molecule has 1 heterocycles. The molecule has 0 aliphatic rings. The van der Waals surface area contributed by atoms with E-state index >= 15 is 0 Å². The first-order chi connectivity index (χ1) is 9.89. The van der Waals surface area contributed by atoms with Gasteiger partial charge in [-0.25, -0.2) is 8.42 Å². The third-order valence-electron chi connectivity index (χ3n) is 3.11. The van der Waals surface area contributed by atoms with Gasteiger partial charge in [0.2, 0.25) is 10.0 Å². The number of aryl methyl sites for hydroxylation is 1. The summed E-state index contributed by atoms with van der Waals surface area (Å²) in [6.45, 7) is 5.82. The van der Waals surface area contributed by atoms with Crippen molar-refractivity contribution in [3.8, 4) is 0 Å². The predicted molar refractivity (Wildman–Crippen MR) is 90.6 cm³/mol. The maximum Gasteiger partial charge on any atom is 0.232 e. The molecule has 2 N–H and O–H groups in total. The highest BCUT2D eigenvalue weighted by molar-refractivity contribution is 7.92. The van der Waals surface area contributed by atoms with Crippen LogP contribution in [0.25, 0.3) is 0 Å². The Bertz CT molecular complexity index is 691. The van der Waals surface area contributed by atoms with Gasteiger partial charge in [0.15, 0.2) is 0 Å². The van der Waals surface area contributed by atoms with Gasteiger partial charge >= 0.3 is 0 Å². The largest absolute Gasteiger partial charge is 0.378 e. The van der Waals surface area contributed by atoms with Crippen LogP contribution in [0, 0.1) is 6.92 Å². The van der Waals surface area contributed by atoms with E-state index in [2.05, 4.69) is 36.0 Å². The van der Waals surface area contributed by atoms with Crippen LogP contribution >= 0.6 is 11.3 Å². The first-order valence-electron chi connectivity index (χ1n) is 6.83. The molecule has 1 aromatic carbocycles. The molecule has 114 valence electrons. The van der Waals surface area contributed by atoms with Gasteiger partial charge in [-0.05, 0) is 57.2 Å². The summed E-state index contributed by atoms with van der Waals surface area (Å²) in [6, 6.07) is 11.8. The van der Waals surface area contributed by atoms with Crippen molar-refractivity contribution in [2.24, 2.45) is 0 Å². The quantitative estimate of drug-likeness (QED) is 0.844. The van der Waals surface area contributed by atoms with Crippen LogP contribution in [-0.2, 0) is 10.0 Å². The molecule has 4 nitrogen and oxygen atoms in total. The lowest BCUT2D eigenvalue weighted by Crippen LogP contribution is -2.14. The van der Waals surface area contributed by atoms with Crippen molar-refractivity contribution in [2.75, 3.05) is 15.8 Å². The summed E-state index contributed by atoms with van der Waals surface area (Å²) in [5, 5.41) is 3.41. The third-order valence-corrected chi connectivity index (χ3v) is 5.60. The van der Waals surface area contributed by atoms with Crippen molar-refractivity contribution in [3.63, 3.8) is 0 Å². The van der Waals surface area contributed by atoms with Crippen LogP contribution in [-0.4, -0.2) is 14.2 Å². The van der Waals surface area contributed by atoms with Crippen molar-refractivity contribution in [3.05, 3.63) is 46.2 Å². The highest BCUT2D eigenvalue weighted by atomic mass is 32.2. The minimum Gasteiger partial charge on any atom is -0.378 e. The molecule has 2 rings (SSSR count). The molecule has 0 bridgehead atoms. The number of rotatable bonds is 6. The average molecular weight is 324 g/mol. The second kappa shape index (κ2) is 6.49. The number of sulfonamides is 1. The summed E-state index contributed by atoms with van der Waals surface area (Å²) in [6.07, 6.45) is 0. The molecular formula is C15H20N2O2S2. The van der Waals surface area contributed by atoms with E-state index in [-0.39, 0.29) is 11.8 Å². The molecule has 1 atom stereocenters. The fraction of sp³-hybridized carbons (Fsp3) is 0.333. The normalized spacial score (nSPS) is 12.9. The number of nitrogens with one attached hydrogen (secondary N) is 2. The molecule has 0 amide bonds. The lowest BCUT2D eigenvalue weighted by Gasteiger charge is -2.14. The maximum atomic E-state index is 11.5. The zero-order chi connectivity index (χ0) is 15.5. The number of anilines is 2. The maximum absolute atomic E-state index is 11.5. The van der Waals surface area contributed by atoms with Crippen molar-refractivity contribution in [1.82, 2.24) is 0 Å². The van der Waals surface area contributed by atoms with E-state index in [1.54, 1.807) is 30.4 Å². The molecule has 1 aromatic heterocycles. The van der Waals surface area contributed by atoms with Crippen LogP contribution < -0.4 is 10.0 Å². The van der Waals surface area contributed by atoms with Crippen molar-refractivity contribution < 1.29 is 8.42 Å². The van der Waals surface area contributed by atoms with Gasteiger partial charge in [-0.2, -0.15) is 0 Å². The van der Waals surface area contributed by atoms with Crippen LogP contribution in [0.15, 0.2) is 36.4 Å². The van der Waals surface area contributed by atoms with Gasteiger partial charge in [0.05, 0.1) is 11.8 Å². The smallest absolute Gasteiger partial charge is 0.232 e. The second-order valence-electron chi connectivity index (χ2n) is 4.90. The molecule has 0 aliphatic heterocycles. The zero-order valence-corrected chi connectivity index (χ0v) is 14.0. The third kappa shape index (κ3) is 4.47. The topological polar surface area (TPSA) is 58.2 Å². The monoisotopic (exact) mass is 324 g/mol. The lowest BCUT2D eigenvalue weighted by atomic mass is 10.2. The zero-order valence-electron chi connectivity index (χ0n) is 12.4. The molecule has 0 aliphatic carbocycles. The minimum absolute atomic E-state index is 0.0712. The molecule has 6 heteroatoms. The molecule has 0 saturated heterocycles. The molecule has 21 heavy (non-hydrogen) atoms. The number of benzene rings is 1. The van der Waals surface area contributed by atoms with E-state index in [0.29, 0.717) is 5.69 Å². The van der Waals surface area contributed by atoms with Crippen molar-refractivity contribution in [2.45, 2.75) is 26.8 Å². The van der Waals surface area contributed by atoms with E-state index in [1.807, 2.05) is 12.1 Å². The summed E-state index contributed by atoms with van der Waals surface area (Å²) < 4.78 is 25.5. The van der Waals surface area contributed by atoms with Gasteiger partial charge in [-0.15, -0.1) is 11.3 Å². The Hall–Kier alpha value is -1.53. The summed E-state index contributed by atoms with van der Waals surface area (Å²) in [5.41, 5.74) is 1.55. The summed E-state index contributed by atoms with van der Waals surface area (Å²) in [4.78, 5) is 2.58. The van der Waals surface area contributed by atoms with Gasteiger partial charge < -0.3 is 5.32 Å². The first kappa shape index (κ1) is 15.9.